The second kappa shape index (κ2) is 6.77. The summed E-state index contributed by atoms with van der Waals surface area (Å²) in [7, 11) is 0. The molecule has 5 nitrogen and oxygen atoms in total. The van der Waals surface area contributed by atoms with Crippen LogP contribution in [0.4, 0.5) is 5.95 Å². The van der Waals surface area contributed by atoms with Crippen LogP contribution in [0, 0.1) is 6.92 Å². The van der Waals surface area contributed by atoms with E-state index in [1.165, 1.54) is 0 Å². The first kappa shape index (κ1) is 15.5. The summed E-state index contributed by atoms with van der Waals surface area (Å²) in [5, 5.41) is 0. The molecule has 0 saturated carbocycles. The van der Waals surface area contributed by atoms with Crippen LogP contribution in [0.2, 0.25) is 0 Å². The van der Waals surface area contributed by atoms with Gasteiger partial charge < -0.3 is 4.90 Å². The molecular weight excluding hydrogens is 286 g/mol. The molecule has 5 heteroatoms. The lowest BCUT2D eigenvalue weighted by Crippen LogP contribution is -2.28. The van der Waals surface area contributed by atoms with E-state index in [0.29, 0.717) is 0 Å². The zero-order valence-electron chi connectivity index (χ0n) is 14.0. The van der Waals surface area contributed by atoms with Crippen molar-refractivity contribution in [1.82, 2.24) is 19.4 Å². The molecule has 0 radical (unpaired) electrons. The van der Waals surface area contributed by atoms with Crippen LogP contribution in [0.1, 0.15) is 32.5 Å². The Hall–Kier alpha value is -2.43. The average Bonchev–Trinajstić information content (AvgIpc) is 2.98. The van der Waals surface area contributed by atoms with Crippen molar-refractivity contribution < 1.29 is 0 Å². The van der Waals surface area contributed by atoms with Crippen LogP contribution in [0.15, 0.2) is 36.7 Å². The highest BCUT2D eigenvalue weighted by Gasteiger charge is 2.16. The molecule has 0 amide bonds. The summed E-state index contributed by atoms with van der Waals surface area (Å²) in [4.78, 5) is 16.2. The van der Waals surface area contributed by atoms with Gasteiger partial charge in [0.05, 0.1) is 0 Å². The molecule has 0 aliphatic rings. The van der Waals surface area contributed by atoms with Crippen molar-refractivity contribution in [2.75, 3.05) is 18.0 Å². The van der Waals surface area contributed by atoms with Gasteiger partial charge in [0.25, 0.3) is 0 Å². The van der Waals surface area contributed by atoms with Crippen molar-refractivity contribution in [2.45, 2.75) is 33.6 Å². The number of hydrogen-bond donors (Lipinski definition) is 0. The molecule has 0 saturated heterocycles. The molecule has 3 aromatic rings. The molecule has 0 aliphatic heterocycles. The Morgan fingerprint density at radius 3 is 2.35 bits per heavy atom. The fraction of sp³-hybridized carbons (Fsp3) is 0.389. The van der Waals surface area contributed by atoms with Crippen molar-refractivity contribution >= 4 is 11.6 Å². The van der Waals surface area contributed by atoms with E-state index in [4.69, 9.17) is 0 Å². The molecule has 0 unspecified atom stereocenters. The van der Waals surface area contributed by atoms with E-state index in [0.717, 1.165) is 54.6 Å². The SMILES string of the molecule is CCCN(CCC)c1nc(C)nc2c(-c3ccccc3)ncn12. The van der Waals surface area contributed by atoms with E-state index in [1.807, 2.05) is 35.9 Å². The second-order valence-electron chi connectivity index (χ2n) is 5.71. The molecule has 2 aromatic heterocycles. The number of anilines is 1. The Labute approximate surface area is 137 Å². The zero-order chi connectivity index (χ0) is 16.2. The number of benzene rings is 1. The van der Waals surface area contributed by atoms with Crippen molar-refractivity contribution in [3.63, 3.8) is 0 Å². The minimum Gasteiger partial charge on any atom is -0.342 e. The molecule has 0 fully saturated rings. The molecule has 3 rings (SSSR count). The molecule has 23 heavy (non-hydrogen) atoms. The van der Waals surface area contributed by atoms with E-state index < -0.39 is 0 Å². The standard InChI is InChI=1S/C18H23N5/c1-4-11-22(12-5-2)18-21-14(3)20-17-16(19-13-23(17)18)15-9-7-6-8-10-15/h6-10,13H,4-5,11-12H2,1-3H3. The maximum atomic E-state index is 4.68. The molecule has 120 valence electrons. The average molecular weight is 309 g/mol. The first-order chi connectivity index (χ1) is 11.2. The number of rotatable bonds is 6. The third-order valence-corrected chi connectivity index (χ3v) is 3.80. The summed E-state index contributed by atoms with van der Waals surface area (Å²) < 4.78 is 2.01. The summed E-state index contributed by atoms with van der Waals surface area (Å²) in [5.41, 5.74) is 2.86. The number of aryl methyl sites for hydroxylation is 1. The number of imidazole rings is 1. The summed E-state index contributed by atoms with van der Waals surface area (Å²) in [6, 6.07) is 10.2. The van der Waals surface area contributed by atoms with Crippen LogP contribution in [0.3, 0.4) is 0 Å². The monoisotopic (exact) mass is 309 g/mol. The van der Waals surface area contributed by atoms with Crippen LogP contribution in [0.5, 0.6) is 0 Å². The molecular formula is C18H23N5. The first-order valence-corrected chi connectivity index (χ1v) is 8.26. The van der Waals surface area contributed by atoms with Crippen LogP contribution in [-0.2, 0) is 0 Å². The molecule has 0 spiro atoms. The van der Waals surface area contributed by atoms with Gasteiger partial charge in [-0.25, -0.2) is 9.97 Å². The van der Waals surface area contributed by atoms with Crippen molar-refractivity contribution in [3.05, 3.63) is 42.5 Å². The summed E-state index contributed by atoms with van der Waals surface area (Å²) >= 11 is 0. The van der Waals surface area contributed by atoms with Gasteiger partial charge in [0, 0.05) is 18.7 Å². The Bertz CT molecular complexity index is 773. The topological polar surface area (TPSA) is 46.3 Å². The quantitative estimate of drug-likeness (QED) is 0.696. The minimum atomic E-state index is 0.780. The van der Waals surface area contributed by atoms with Crippen LogP contribution < -0.4 is 4.90 Å². The molecule has 0 bridgehead atoms. The Balaban J connectivity index is 2.15. The number of nitrogens with zero attached hydrogens (tertiary/aromatic N) is 5. The smallest absolute Gasteiger partial charge is 0.214 e. The fourth-order valence-electron chi connectivity index (χ4n) is 2.85. The second-order valence-corrected chi connectivity index (χ2v) is 5.71. The van der Waals surface area contributed by atoms with Gasteiger partial charge in [-0.15, -0.1) is 0 Å². The van der Waals surface area contributed by atoms with Crippen molar-refractivity contribution in [3.8, 4) is 11.3 Å². The van der Waals surface area contributed by atoms with Gasteiger partial charge in [0.1, 0.15) is 17.8 Å². The molecule has 0 N–H and O–H groups in total. The van der Waals surface area contributed by atoms with Gasteiger partial charge >= 0.3 is 0 Å². The molecule has 1 aromatic carbocycles. The van der Waals surface area contributed by atoms with Gasteiger partial charge in [0.2, 0.25) is 5.95 Å². The van der Waals surface area contributed by atoms with Crippen LogP contribution in [-0.4, -0.2) is 32.4 Å². The minimum absolute atomic E-state index is 0.780. The fourth-order valence-corrected chi connectivity index (χ4v) is 2.85. The number of aromatic nitrogens is 4. The van der Waals surface area contributed by atoms with E-state index in [1.54, 1.807) is 0 Å². The summed E-state index contributed by atoms with van der Waals surface area (Å²) in [6.07, 6.45) is 4.01. The maximum absolute atomic E-state index is 4.68. The van der Waals surface area contributed by atoms with E-state index >= 15 is 0 Å². The summed E-state index contributed by atoms with van der Waals surface area (Å²) in [5.74, 6) is 1.72. The van der Waals surface area contributed by atoms with Crippen LogP contribution in [0.25, 0.3) is 16.9 Å². The third kappa shape index (κ3) is 3.04. The highest BCUT2D eigenvalue weighted by molar-refractivity contribution is 5.74. The molecule has 2 heterocycles. The van der Waals surface area contributed by atoms with E-state index in [9.17, 15) is 0 Å². The van der Waals surface area contributed by atoms with Crippen LogP contribution >= 0.6 is 0 Å². The van der Waals surface area contributed by atoms with Gasteiger partial charge in [0.15, 0.2) is 5.65 Å². The highest BCUT2D eigenvalue weighted by atomic mass is 15.3. The van der Waals surface area contributed by atoms with Crippen molar-refractivity contribution in [1.29, 1.82) is 0 Å². The Morgan fingerprint density at radius 2 is 1.70 bits per heavy atom. The summed E-state index contributed by atoms with van der Waals surface area (Å²) in [6.45, 7) is 8.30. The number of fused-ring (bicyclic) bond motifs is 1. The lowest BCUT2D eigenvalue weighted by molar-refractivity contribution is 0.708. The first-order valence-electron chi connectivity index (χ1n) is 8.26. The van der Waals surface area contributed by atoms with Gasteiger partial charge in [-0.05, 0) is 19.8 Å². The Morgan fingerprint density at radius 1 is 1.00 bits per heavy atom. The zero-order valence-corrected chi connectivity index (χ0v) is 14.0. The third-order valence-electron chi connectivity index (χ3n) is 3.80. The highest BCUT2D eigenvalue weighted by Crippen LogP contribution is 2.24. The van der Waals surface area contributed by atoms with Gasteiger partial charge in [-0.3, -0.25) is 4.40 Å². The molecule has 0 aliphatic carbocycles. The lowest BCUT2D eigenvalue weighted by atomic mass is 10.2. The number of hydrogen-bond acceptors (Lipinski definition) is 4. The Kier molecular flexibility index (Phi) is 4.55. The van der Waals surface area contributed by atoms with Gasteiger partial charge in [-0.2, -0.15) is 4.98 Å². The van der Waals surface area contributed by atoms with Gasteiger partial charge in [-0.1, -0.05) is 44.2 Å². The molecule has 0 atom stereocenters. The normalized spacial score (nSPS) is 11.1. The maximum Gasteiger partial charge on any atom is 0.214 e. The predicted molar refractivity (Wildman–Crippen MR) is 93.8 cm³/mol. The lowest BCUT2D eigenvalue weighted by Gasteiger charge is -2.23. The van der Waals surface area contributed by atoms with Crippen molar-refractivity contribution in [2.24, 2.45) is 0 Å². The largest absolute Gasteiger partial charge is 0.342 e. The predicted octanol–water partition coefficient (Wildman–Crippen LogP) is 3.73. The van der Waals surface area contributed by atoms with E-state index in [-0.39, 0.29) is 0 Å². The van der Waals surface area contributed by atoms with E-state index in [2.05, 4.69) is 45.8 Å².